The van der Waals surface area contributed by atoms with Gasteiger partial charge < -0.3 is 5.32 Å². The van der Waals surface area contributed by atoms with Gasteiger partial charge in [-0.15, -0.1) is 0 Å². The lowest BCUT2D eigenvalue weighted by molar-refractivity contribution is -0.384. The Labute approximate surface area is 196 Å². The minimum absolute atomic E-state index is 0.0377. The van der Waals surface area contributed by atoms with Gasteiger partial charge in [-0.1, -0.05) is 38.4 Å². The summed E-state index contributed by atoms with van der Waals surface area (Å²) >= 11 is 6.11. The van der Waals surface area contributed by atoms with E-state index < -0.39 is 21.2 Å². The molecular weight excluding hydrogens is 444 g/mol. The lowest BCUT2D eigenvalue weighted by atomic mass is 9.64. The van der Waals surface area contributed by atoms with Crippen LogP contribution in [0.1, 0.15) is 39.2 Å². The molecule has 0 aliphatic heterocycles. The second-order valence-corrected chi connectivity index (χ2v) is 9.92. The van der Waals surface area contributed by atoms with Crippen molar-refractivity contribution in [1.82, 2.24) is 0 Å². The molecule has 1 amide bonds. The van der Waals surface area contributed by atoms with Crippen molar-refractivity contribution in [2.45, 2.75) is 40.5 Å². The number of anilines is 2. The van der Waals surface area contributed by atoms with E-state index in [-0.39, 0.29) is 17.4 Å². The molecule has 2 atom stereocenters. The van der Waals surface area contributed by atoms with E-state index in [0.29, 0.717) is 35.0 Å². The van der Waals surface area contributed by atoms with Gasteiger partial charge in [0.1, 0.15) is 11.1 Å². The smallest absolute Gasteiger partial charge is 0.269 e. The van der Waals surface area contributed by atoms with Crippen molar-refractivity contribution in [3.63, 3.8) is 0 Å². The highest BCUT2D eigenvalue weighted by Gasteiger charge is 2.76. The number of Topliss-reactive ketones (excluding diaryl/α,β-unsaturated/α-hetero) is 1. The number of amides is 1. The molecule has 8 nitrogen and oxygen atoms in total. The van der Waals surface area contributed by atoms with Gasteiger partial charge in [0.15, 0.2) is 5.78 Å². The normalized spacial score (nSPS) is 26.5. The number of nitrogens with zero attached hydrogens (tertiary/aromatic N) is 2. The number of non-ortho nitro benzene ring substituents is 1. The molecule has 0 aromatic heterocycles. The number of ketones is 1. The Bertz CT molecular complexity index is 1210. The number of hydrazone groups is 1. The maximum atomic E-state index is 13.7. The molecule has 2 aromatic carbocycles. The highest BCUT2D eigenvalue weighted by molar-refractivity contribution is 6.51. The Kier molecular flexibility index (Phi) is 5.32. The van der Waals surface area contributed by atoms with Crippen LogP contribution in [0.5, 0.6) is 0 Å². The van der Waals surface area contributed by atoms with Gasteiger partial charge in [0, 0.05) is 28.3 Å². The largest absolute Gasteiger partial charge is 0.325 e. The van der Waals surface area contributed by atoms with Crippen molar-refractivity contribution in [3.05, 3.63) is 63.2 Å². The van der Waals surface area contributed by atoms with E-state index in [0.717, 1.165) is 5.56 Å². The SMILES string of the molecule is Cc1ccc(Cl)cc1NC(=O)C12CCC(C)(/C(=N/Nc3ccc([N+](=O)[O-])cc3)C1=O)C2(C)C. The number of nitro groups is 1. The summed E-state index contributed by atoms with van der Waals surface area (Å²) in [5, 5.41) is 18.7. The lowest BCUT2D eigenvalue weighted by Gasteiger charge is -2.37. The van der Waals surface area contributed by atoms with Crippen LogP contribution in [0, 0.1) is 33.3 Å². The van der Waals surface area contributed by atoms with Gasteiger partial charge in [-0.2, -0.15) is 5.10 Å². The molecule has 2 bridgehead atoms. The Morgan fingerprint density at radius 2 is 1.79 bits per heavy atom. The number of aryl methyl sites for hydroxylation is 1. The predicted molar refractivity (Wildman–Crippen MR) is 128 cm³/mol. The first kappa shape index (κ1) is 22.9. The summed E-state index contributed by atoms with van der Waals surface area (Å²) in [6, 6.07) is 11.0. The molecule has 2 unspecified atom stereocenters. The number of nitro benzene ring substituents is 1. The average molecular weight is 469 g/mol. The van der Waals surface area contributed by atoms with Crippen LogP contribution in [0.25, 0.3) is 0 Å². The molecule has 2 aliphatic rings. The number of benzene rings is 2. The fourth-order valence-electron chi connectivity index (χ4n) is 5.21. The second kappa shape index (κ2) is 7.66. The predicted octanol–water partition coefficient (Wildman–Crippen LogP) is 5.36. The Balaban J connectivity index is 1.67. The van der Waals surface area contributed by atoms with Crippen LogP contribution in [0.15, 0.2) is 47.6 Å². The molecule has 0 radical (unpaired) electrons. The minimum Gasteiger partial charge on any atom is -0.325 e. The van der Waals surface area contributed by atoms with E-state index in [1.165, 1.54) is 24.3 Å². The van der Waals surface area contributed by atoms with E-state index in [2.05, 4.69) is 15.8 Å². The molecular formula is C24H25ClN4O4. The summed E-state index contributed by atoms with van der Waals surface area (Å²) in [5.74, 6) is -0.653. The molecule has 172 valence electrons. The summed E-state index contributed by atoms with van der Waals surface area (Å²) in [4.78, 5) is 37.7. The Morgan fingerprint density at radius 3 is 2.42 bits per heavy atom. The molecule has 2 saturated carbocycles. The van der Waals surface area contributed by atoms with Gasteiger partial charge in [0.05, 0.1) is 10.6 Å². The molecule has 2 fully saturated rings. The van der Waals surface area contributed by atoms with Crippen molar-refractivity contribution in [2.75, 3.05) is 10.7 Å². The molecule has 9 heteroatoms. The second-order valence-electron chi connectivity index (χ2n) is 9.48. The summed E-state index contributed by atoms with van der Waals surface area (Å²) < 4.78 is 0. The first-order chi connectivity index (χ1) is 15.4. The molecule has 33 heavy (non-hydrogen) atoms. The third-order valence-electron chi connectivity index (χ3n) is 7.78. The number of nitrogens with one attached hydrogen (secondary N) is 2. The Hall–Kier alpha value is -3.26. The van der Waals surface area contributed by atoms with E-state index >= 15 is 0 Å². The van der Waals surface area contributed by atoms with Gasteiger partial charge in [0.25, 0.3) is 5.69 Å². The maximum absolute atomic E-state index is 13.7. The molecule has 2 N–H and O–H groups in total. The number of fused-ring (bicyclic) bond motifs is 2. The highest BCUT2D eigenvalue weighted by atomic mass is 35.5. The minimum atomic E-state index is -1.26. The highest BCUT2D eigenvalue weighted by Crippen LogP contribution is 2.69. The average Bonchev–Trinajstić information content (AvgIpc) is 3.04. The van der Waals surface area contributed by atoms with Gasteiger partial charge in [-0.3, -0.25) is 25.1 Å². The number of hydrogen-bond donors (Lipinski definition) is 2. The van der Waals surface area contributed by atoms with Gasteiger partial charge in [-0.05, 0) is 55.0 Å². The van der Waals surface area contributed by atoms with E-state index in [1.54, 1.807) is 12.1 Å². The number of hydrogen-bond acceptors (Lipinski definition) is 6. The number of carbonyl (C=O) groups is 2. The van der Waals surface area contributed by atoms with Crippen molar-refractivity contribution < 1.29 is 14.5 Å². The van der Waals surface area contributed by atoms with Crippen LogP contribution in [-0.4, -0.2) is 22.3 Å². The number of halogens is 1. The van der Waals surface area contributed by atoms with Crippen LogP contribution in [0.4, 0.5) is 17.1 Å². The maximum Gasteiger partial charge on any atom is 0.269 e. The fourth-order valence-corrected chi connectivity index (χ4v) is 5.38. The van der Waals surface area contributed by atoms with Crippen LogP contribution in [-0.2, 0) is 9.59 Å². The summed E-state index contributed by atoms with van der Waals surface area (Å²) in [7, 11) is 0. The summed E-state index contributed by atoms with van der Waals surface area (Å²) in [5.41, 5.74) is 2.52. The van der Waals surface area contributed by atoms with Crippen molar-refractivity contribution >= 4 is 46.1 Å². The first-order valence-electron chi connectivity index (χ1n) is 10.6. The van der Waals surface area contributed by atoms with Crippen LogP contribution in [0.2, 0.25) is 5.02 Å². The van der Waals surface area contributed by atoms with Crippen LogP contribution < -0.4 is 10.7 Å². The molecule has 2 aromatic rings. The van der Waals surface area contributed by atoms with Gasteiger partial charge in [-0.25, -0.2) is 0 Å². The summed E-state index contributed by atoms with van der Waals surface area (Å²) in [6.45, 7) is 7.71. The molecule has 0 spiro atoms. The fraction of sp³-hybridized carbons (Fsp3) is 0.375. The van der Waals surface area contributed by atoms with Gasteiger partial charge in [0.2, 0.25) is 5.91 Å². The topological polar surface area (TPSA) is 114 Å². The first-order valence-corrected chi connectivity index (χ1v) is 11.0. The van der Waals surface area contributed by atoms with Crippen molar-refractivity contribution in [3.8, 4) is 0 Å². The number of carbonyl (C=O) groups excluding carboxylic acids is 2. The van der Waals surface area contributed by atoms with Gasteiger partial charge >= 0.3 is 0 Å². The van der Waals surface area contributed by atoms with Crippen LogP contribution in [0.3, 0.4) is 0 Å². The van der Waals surface area contributed by atoms with Crippen molar-refractivity contribution in [2.24, 2.45) is 21.3 Å². The molecule has 4 rings (SSSR count). The Morgan fingerprint density at radius 1 is 1.12 bits per heavy atom. The number of rotatable bonds is 5. The summed E-state index contributed by atoms with van der Waals surface area (Å²) in [6.07, 6.45) is 1.06. The molecule has 0 heterocycles. The standard InChI is InChI=1S/C24H25ClN4O4/c1-14-5-6-15(25)13-18(14)26-21(31)24-12-11-23(4,22(24,2)3)19(20(24)30)28-27-16-7-9-17(10-8-16)29(32)33/h5-10,13,27H,11-12H2,1-4H3,(H,26,31)/b28-19+. The van der Waals surface area contributed by atoms with E-state index in [4.69, 9.17) is 11.6 Å². The molecule has 0 saturated heterocycles. The third kappa shape index (κ3) is 3.23. The van der Waals surface area contributed by atoms with Crippen molar-refractivity contribution in [1.29, 1.82) is 0 Å². The molecule has 2 aliphatic carbocycles. The van der Waals surface area contributed by atoms with Crippen LogP contribution >= 0.6 is 11.6 Å². The van der Waals surface area contributed by atoms with E-state index in [1.807, 2.05) is 33.8 Å². The third-order valence-corrected chi connectivity index (χ3v) is 8.02. The lowest BCUT2D eigenvalue weighted by Crippen LogP contribution is -2.47. The quantitative estimate of drug-likeness (QED) is 0.348. The zero-order valence-electron chi connectivity index (χ0n) is 18.9. The zero-order chi connectivity index (χ0) is 24.2. The van der Waals surface area contributed by atoms with E-state index in [9.17, 15) is 19.7 Å². The monoisotopic (exact) mass is 468 g/mol. The zero-order valence-corrected chi connectivity index (χ0v) is 19.6.